The molecule has 2 aliphatic rings. The Labute approximate surface area is 121 Å². The molecule has 2 saturated heterocycles. The van der Waals surface area contributed by atoms with Crippen LogP contribution < -0.4 is 5.73 Å². The SMILES string of the molecule is CC(C)N1CC(CN2CCC(C(N)=O)CC2)CCC1=O. The fraction of sp³-hybridized carbons (Fsp3) is 0.867. The van der Waals surface area contributed by atoms with E-state index in [0.717, 1.165) is 45.4 Å². The van der Waals surface area contributed by atoms with Crippen molar-refractivity contribution in [2.24, 2.45) is 17.6 Å². The highest BCUT2D eigenvalue weighted by Crippen LogP contribution is 2.23. The Balaban J connectivity index is 1.80. The number of nitrogens with two attached hydrogens (primary N) is 1. The van der Waals surface area contributed by atoms with E-state index in [1.54, 1.807) is 0 Å². The highest BCUT2D eigenvalue weighted by molar-refractivity contribution is 5.77. The molecule has 2 N–H and O–H groups in total. The molecular weight excluding hydrogens is 254 g/mol. The van der Waals surface area contributed by atoms with Crippen LogP contribution in [0.15, 0.2) is 0 Å². The zero-order chi connectivity index (χ0) is 14.7. The number of likely N-dealkylation sites (tertiary alicyclic amines) is 2. The van der Waals surface area contributed by atoms with Crippen molar-refractivity contribution in [3.8, 4) is 0 Å². The molecule has 5 heteroatoms. The van der Waals surface area contributed by atoms with E-state index in [9.17, 15) is 9.59 Å². The summed E-state index contributed by atoms with van der Waals surface area (Å²) >= 11 is 0. The molecule has 114 valence electrons. The van der Waals surface area contributed by atoms with Crippen LogP contribution in [0, 0.1) is 11.8 Å². The second kappa shape index (κ2) is 6.57. The van der Waals surface area contributed by atoms with Crippen LogP contribution in [0.4, 0.5) is 0 Å². The molecule has 2 amide bonds. The molecule has 0 saturated carbocycles. The Morgan fingerprint density at radius 1 is 1.30 bits per heavy atom. The summed E-state index contributed by atoms with van der Waals surface area (Å²) in [5.74, 6) is 0.772. The predicted molar refractivity (Wildman–Crippen MR) is 77.9 cm³/mol. The topological polar surface area (TPSA) is 66.6 Å². The van der Waals surface area contributed by atoms with E-state index < -0.39 is 0 Å². The summed E-state index contributed by atoms with van der Waals surface area (Å²) in [6, 6.07) is 0.297. The summed E-state index contributed by atoms with van der Waals surface area (Å²) in [7, 11) is 0. The molecular formula is C15H27N3O2. The van der Waals surface area contributed by atoms with Crippen LogP contribution in [0.3, 0.4) is 0 Å². The minimum absolute atomic E-state index is 0.0614. The van der Waals surface area contributed by atoms with E-state index in [4.69, 9.17) is 5.73 Å². The third kappa shape index (κ3) is 3.72. The van der Waals surface area contributed by atoms with Gasteiger partial charge in [0.15, 0.2) is 0 Å². The van der Waals surface area contributed by atoms with Crippen LogP contribution in [-0.4, -0.2) is 53.8 Å². The average molecular weight is 281 g/mol. The molecule has 0 aromatic heterocycles. The lowest BCUT2D eigenvalue weighted by atomic mass is 9.92. The molecule has 5 nitrogen and oxygen atoms in total. The lowest BCUT2D eigenvalue weighted by molar-refractivity contribution is -0.137. The molecule has 0 aliphatic carbocycles. The van der Waals surface area contributed by atoms with Crippen molar-refractivity contribution in [2.45, 2.75) is 45.6 Å². The summed E-state index contributed by atoms with van der Waals surface area (Å²) < 4.78 is 0. The van der Waals surface area contributed by atoms with Gasteiger partial charge in [0.05, 0.1) is 0 Å². The molecule has 0 aromatic carbocycles. The van der Waals surface area contributed by atoms with Gasteiger partial charge in [-0.1, -0.05) is 0 Å². The van der Waals surface area contributed by atoms with Crippen LogP contribution in [-0.2, 0) is 9.59 Å². The number of nitrogens with zero attached hydrogens (tertiary/aromatic N) is 2. The fourth-order valence-corrected chi connectivity index (χ4v) is 3.36. The van der Waals surface area contributed by atoms with Gasteiger partial charge < -0.3 is 15.5 Å². The van der Waals surface area contributed by atoms with E-state index in [-0.39, 0.29) is 11.8 Å². The van der Waals surface area contributed by atoms with Gasteiger partial charge in [-0.15, -0.1) is 0 Å². The number of amides is 2. The van der Waals surface area contributed by atoms with Crippen molar-refractivity contribution in [3.05, 3.63) is 0 Å². The van der Waals surface area contributed by atoms with E-state index in [1.165, 1.54) is 0 Å². The molecule has 1 atom stereocenters. The smallest absolute Gasteiger partial charge is 0.222 e. The van der Waals surface area contributed by atoms with Gasteiger partial charge in [-0.25, -0.2) is 0 Å². The summed E-state index contributed by atoms with van der Waals surface area (Å²) in [4.78, 5) is 27.5. The average Bonchev–Trinajstić information content (AvgIpc) is 2.41. The molecule has 20 heavy (non-hydrogen) atoms. The maximum atomic E-state index is 11.9. The Bertz CT molecular complexity index is 362. The van der Waals surface area contributed by atoms with E-state index in [2.05, 4.69) is 18.7 Å². The van der Waals surface area contributed by atoms with Crippen LogP contribution in [0.5, 0.6) is 0 Å². The maximum Gasteiger partial charge on any atom is 0.222 e. The Morgan fingerprint density at radius 2 is 1.95 bits per heavy atom. The standard InChI is InChI=1S/C15H27N3O2/c1-11(2)18-10-12(3-4-14(18)19)9-17-7-5-13(6-8-17)15(16)20/h11-13H,3-10H2,1-2H3,(H2,16,20). The highest BCUT2D eigenvalue weighted by atomic mass is 16.2. The third-order valence-electron chi connectivity index (χ3n) is 4.67. The van der Waals surface area contributed by atoms with Gasteiger partial charge in [-0.2, -0.15) is 0 Å². The first-order valence-electron chi connectivity index (χ1n) is 7.78. The minimum atomic E-state index is -0.154. The van der Waals surface area contributed by atoms with Gasteiger partial charge in [0.2, 0.25) is 11.8 Å². The van der Waals surface area contributed by atoms with Gasteiger partial charge in [0.25, 0.3) is 0 Å². The minimum Gasteiger partial charge on any atom is -0.369 e. The predicted octanol–water partition coefficient (Wildman–Crippen LogP) is 0.831. The van der Waals surface area contributed by atoms with E-state index in [1.807, 2.05) is 4.90 Å². The molecule has 2 fully saturated rings. The molecule has 0 radical (unpaired) electrons. The van der Waals surface area contributed by atoms with Gasteiger partial charge in [-0.05, 0) is 52.1 Å². The lowest BCUT2D eigenvalue weighted by Crippen LogP contribution is -2.48. The zero-order valence-electron chi connectivity index (χ0n) is 12.7. The van der Waals surface area contributed by atoms with Gasteiger partial charge in [-0.3, -0.25) is 9.59 Å². The molecule has 0 spiro atoms. The van der Waals surface area contributed by atoms with E-state index in [0.29, 0.717) is 24.3 Å². The van der Waals surface area contributed by atoms with Crippen molar-refractivity contribution in [2.75, 3.05) is 26.2 Å². The Hall–Kier alpha value is -1.10. The fourth-order valence-electron chi connectivity index (χ4n) is 3.36. The lowest BCUT2D eigenvalue weighted by Gasteiger charge is -2.39. The van der Waals surface area contributed by atoms with Gasteiger partial charge in [0, 0.05) is 31.5 Å². The summed E-state index contributed by atoms with van der Waals surface area (Å²) in [5, 5.41) is 0. The quantitative estimate of drug-likeness (QED) is 0.830. The molecule has 2 rings (SSSR count). The summed E-state index contributed by atoms with van der Waals surface area (Å²) in [6.07, 6.45) is 3.45. The normalized spacial score (nSPS) is 26.2. The number of hydrogen-bond acceptors (Lipinski definition) is 3. The number of piperidine rings is 2. The largest absolute Gasteiger partial charge is 0.369 e. The molecule has 0 bridgehead atoms. The molecule has 2 heterocycles. The monoisotopic (exact) mass is 281 g/mol. The first kappa shape index (κ1) is 15.3. The number of hydrogen-bond donors (Lipinski definition) is 1. The van der Waals surface area contributed by atoms with Crippen LogP contribution in [0.1, 0.15) is 39.5 Å². The van der Waals surface area contributed by atoms with Crippen molar-refractivity contribution in [1.82, 2.24) is 9.80 Å². The second-order valence-corrected chi connectivity index (χ2v) is 6.52. The first-order chi connectivity index (χ1) is 9.47. The summed E-state index contributed by atoms with van der Waals surface area (Å²) in [5.41, 5.74) is 5.36. The number of carbonyl (C=O) groups is 2. The van der Waals surface area contributed by atoms with Crippen LogP contribution in [0.2, 0.25) is 0 Å². The third-order valence-corrected chi connectivity index (χ3v) is 4.67. The van der Waals surface area contributed by atoms with Gasteiger partial charge in [0.1, 0.15) is 0 Å². The number of carbonyl (C=O) groups excluding carboxylic acids is 2. The van der Waals surface area contributed by atoms with Crippen molar-refractivity contribution in [3.63, 3.8) is 0 Å². The highest BCUT2D eigenvalue weighted by Gasteiger charge is 2.30. The summed E-state index contributed by atoms with van der Waals surface area (Å²) in [6.45, 7) is 8.00. The van der Waals surface area contributed by atoms with Crippen molar-refractivity contribution >= 4 is 11.8 Å². The van der Waals surface area contributed by atoms with Crippen molar-refractivity contribution in [1.29, 1.82) is 0 Å². The Morgan fingerprint density at radius 3 is 2.50 bits per heavy atom. The molecule has 1 unspecified atom stereocenters. The van der Waals surface area contributed by atoms with Gasteiger partial charge >= 0.3 is 0 Å². The van der Waals surface area contributed by atoms with Crippen molar-refractivity contribution < 1.29 is 9.59 Å². The molecule has 0 aromatic rings. The Kier molecular flexibility index (Phi) is 5.02. The zero-order valence-corrected chi connectivity index (χ0v) is 12.7. The maximum absolute atomic E-state index is 11.9. The number of rotatable bonds is 4. The van der Waals surface area contributed by atoms with Crippen LogP contribution >= 0.6 is 0 Å². The second-order valence-electron chi connectivity index (χ2n) is 6.52. The van der Waals surface area contributed by atoms with E-state index >= 15 is 0 Å². The van der Waals surface area contributed by atoms with Crippen LogP contribution in [0.25, 0.3) is 0 Å². The molecule has 2 aliphatic heterocycles. The number of primary amides is 1. The first-order valence-corrected chi connectivity index (χ1v) is 7.78.